The van der Waals surface area contributed by atoms with E-state index in [1.165, 1.54) is 50.2 Å². The van der Waals surface area contributed by atoms with Crippen molar-refractivity contribution in [3.8, 4) is 11.1 Å². The topological polar surface area (TPSA) is 45.2 Å². The molecule has 0 spiro atoms. The Morgan fingerprint density at radius 3 is 2.50 bits per heavy atom. The zero-order valence-corrected chi connectivity index (χ0v) is 17.0. The van der Waals surface area contributed by atoms with E-state index in [1.54, 1.807) is 12.1 Å². The number of aromatic nitrogens is 1. The van der Waals surface area contributed by atoms with Crippen LogP contribution in [-0.2, 0) is 11.0 Å². The van der Waals surface area contributed by atoms with E-state index < -0.39 is 11.7 Å². The molecule has 3 rings (SSSR count). The Kier molecular flexibility index (Phi) is 7.85. The standard InChI is InChI=1S/C23H28F3N3O/c24-23(25,26)21-16-19(10-11-20(21)18-8-7-12-27-17-18)28-22(30)9-3-6-15-29-13-4-1-2-5-14-29/h7-8,10-12,16-17H,1-6,9,13-15H2,(H,28,30). The van der Waals surface area contributed by atoms with Crippen LogP contribution in [0.4, 0.5) is 18.9 Å². The van der Waals surface area contributed by atoms with Crippen molar-refractivity contribution < 1.29 is 18.0 Å². The molecule has 1 saturated heterocycles. The number of anilines is 1. The van der Waals surface area contributed by atoms with Gasteiger partial charge >= 0.3 is 6.18 Å². The van der Waals surface area contributed by atoms with Gasteiger partial charge in [0, 0.05) is 30.1 Å². The second kappa shape index (κ2) is 10.6. The number of hydrogen-bond acceptors (Lipinski definition) is 3. The molecule has 0 aliphatic carbocycles. The third-order valence-electron chi connectivity index (χ3n) is 5.41. The van der Waals surface area contributed by atoms with E-state index in [2.05, 4.69) is 15.2 Å². The fraction of sp³-hybridized carbons (Fsp3) is 0.478. The van der Waals surface area contributed by atoms with E-state index >= 15 is 0 Å². The van der Waals surface area contributed by atoms with Crippen LogP contribution >= 0.6 is 0 Å². The maximum absolute atomic E-state index is 13.6. The number of alkyl halides is 3. The lowest BCUT2D eigenvalue weighted by molar-refractivity contribution is -0.137. The molecule has 2 aromatic rings. The van der Waals surface area contributed by atoms with Crippen molar-refractivity contribution in [2.24, 2.45) is 0 Å². The van der Waals surface area contributed by atoms with Gasteiger partial charge in [-0.25, -0.2) is 0 Å². The second-order valence-electron chi connectivity index (χ2n) is 7.76. The number of carbonyl (C=O) groups is 1. The lowest BCUT2D eigenvalue weighted by Crippen LogP contribution is -2.25. The summed E-state index contributed by atoms with van der Waals surface area (Å²) in [5.74, 6) is -0.256. The normalized spacial score (nSPS) is 15.6. The van der Waals surface area contributed by atoms with Crippen LogP contribution in [0.25, 0.3) is 11.1 Å². The molecule has 162 valence electrons. The van der Waals surface area contributed by atoms with Gasteiger partial charge in [-0.05, 0) is 69.1 Å². The summed E-state index contributed by atoms with van der Waals surface area (Å²) in [6.45, 7) is 3.22. The molecule has 0 bridgehead atoms. The zero-order chi connectivity index (χ0) is 21.4. The number of nitrogens with zero attached hydrogens (tertiary/aromatic N) is 2. The van der Waals surface area contributed by atoms with Gasteiger partial charge in [0.05, 0.1) is 5.56 Å². The molecule has 1 aromatic heterocycles. The molecule has 30 heavy (non-hydrogen) atoms. The van der Waals surface area contributed by atoms with Gasteiger partial charge in [-0.15, -0.1) is 0 Å². The predicted octanol–water partition coefficient (Wildman–Crippen LogP) is 5.75. The van der Waals surface area contributed by atoms with Gasteiger partial charge in [-0.2, -0.15) is 13.2 Å². The van der Waals surface area contributed by atoms with Crippen molar-refractivity contribution >= 4 is 11.6 Å². The smallest absolute Gasteiger partial charge is 0.326 e. The number of unbranched alkanes of at least 4 members (excludes halogenated alkanes) is 1. The van der Waals surface area contributed by atoms with E-state index in [0.29, 0.717) is 12.0 Å². The van der Waals surface area contributed by atoms with Gasteiger partial charge in [-0.3, -0.25) is 9.78 Å². The van der Waals surface area contributed by atoms with Crippen molar-refractivity contribution in [1.82, 2.24) is 9.88 Å². The lowest BCUT2D eigenvalue weighted by atomic mass is 10.00. The van der Waals surface area contributed by atoms with Gasteiger partial charge in [0.2, 0.25) is 5.91 Å². The number of carbonyl (C=O) groups excluding carboxylic acids is 1. The van der Waals surface area contributed by atoms with Crippen LogP contribution in [0, 0.1) is 0 Å². The predicted molar refractivity (Wildman–Crippen MR) is 112 cm³/mol. The summed E-state index contributed by atoms with van der Waals surface area (Å²) in [5, 5.41) is 2.61. The Morgan fingerprint density at radius 1 is 1.07 bits per heavy atom. The highest BCUT2D eigenvalue weighted by atomic mass is 19.4. The van der Waals surface area contributed by atoms with Gasteiger partial charge in [-0.1, -0.05) is 25.0 Å². The van der Waals surface area contributed by atoms with Crippen LogP contribution in [0.15, 0.2) is 42.7 Å². The van der Waals surface area contributed by atoms with E-state index in [4.69, 9.17) is 0 Å². The summed E-state index contributed by atoms with van der Waals surface area (Å²) >= 11 is 0. The molecular formula is C23H28F3N3O. The first kappa shape index (κ1) is 22.3. The Balaban J connectivity index is 1.56. The number of likely N-dealkylation sites (tertiary alicyclic amines) is 1. The molecule has 0 saturated carbocycles. The van der Waals surface area contributed by atoms with Crippen molar-refractivity contribution in [3.05, 3.63) is 48.3 Å². The molecule has 1 fully saturated rings. The monoisotopic (exact) mass is 419 g/mol. The molecule has 2 heterocycles. The van der Waals surface area contributed by atoms with Crippen molar-refractivity contribution in [2.75, 3.05) is 25.0 Å². The molecule has 0 unspecified atom stereocenters. The Labute approximate surface area is 175 Å². The molecular weight excluding hydrogens is 391 g/mol. The minimum absolute atomic E-state index is 0.0473. The average molecular weight is 419 g/mol. The molecule has 1 aliphatic rings. The largest absolute Gasteiger partial charge is 0.417 e. The third-order valence-corrected chi connectivity index (χ3v) is 5.41. The number of hydrogen-bond donors (Lipinski definition) is 1. The molecule has 0 radical (unpaired) electrons. The van der Waals surface area contributed by atoms with E-state index in [9.17, 15) is 18.0 Å². The minimum atomic E-state index is -4.53. The van der Waals surface area contributed by atoms with Crippen LogP contribution in [0.3, 0.4) is 0 Å². The first-order chi connectivity index (χ1) is 14.4. The summed E-state index contributed by atoms with van der Waals surface area (Å²) in [6, 6.07) is 7.07. The summed E-state index contributed by atoms with van der Waals surface area (Å²) in [4.78, 5) is 18.6. The first-order valence-corrected chi connectivity index (χ1v) is 10.6. The highest BCUT2D eigenvalue weighted by molar-refractivity contribution is 5.91. The lowest BCUT2D eigenvalue weighted by Gasteiger charge is -2.19. The van der Waals surface area contributed by atoms with E-state index in [1.807, 2.05) is 0 Å². The van der Waals surface area contributed by atoms with Crippen LogP contribution in [-0.4, -0.2) is 35.4 Å². The molecule has 1 aromatic carbocycles. The maximum Gasteiger partial charge on any atom is 0.417 e. The average Bonchev–Trinajstić information content (AvgIpc) is 3.00. The second-order valence-corrected chi connectivity index (χ2v) is 7.76. The van der Waals surface area contributed by atoms with Crippen molar-refractivity contribution in [3.63, 3.8) is 0 Å². The number of nitrogens with one attached hydrogen (secondary N) is 1. The summed E-state index contributed by atoms with van der Waals surface area (Å²) < 4.78 is 40.7. The van der Waals surface area contributed by atoms with Crippen molar-refractivity contribution in [1.29, 1.82) is 0 Å². The highest BCUT2D eigenvalue weighted by Gasteiger charge is 2.34. The minimum Gasteiger partial charge on any atom is -0.326 e. The summed E-state index contributed by atoms with van der Waals surface area (Å²) in [6.07, 6.45) is 5.37. The van der Waals surface area contributed by atoms with Gasteiger partial charge in [0.15, 0.2) is 0 Å². The van der Waals surface area contributed by atoms with Crippen LogP contribution in [0.5, 0.6) is 0 Å². The van der Waals surface area contributed by atoms with Gasteiger partial charge in [0.25, 0.3) is 0 Å². The molecule has 7 heteroatoms. The van der Waals surface area contributed by atoms with Crippen LogP contribution < -0.4 is 5.32 Å². The molecule has 4 nitrogen and oxygen atoms in total. The summed E-state index contributed by atoms with van der Waals surface area (Å²) in [7, 11) is 0. The molecule has 1 amide bonds. The Hall–Kier alpha value is -2.41. The van der Waals surface area contributed by atoms with Crippen LogP contribution in [0.1, 0.15) is 50.5 Å². The number of rotatable bonds is 7. The molecule has 1 N–H and O–H groups in total. The third kappa shape index (κ3) is 6.55. The number of amides is 1. The number of benzene rings is 1. The summed E-state index contributed by atoms with van der Waals surface area (Å²) in [5.41, 5.74) is -0.191. The maximum atomic E-state index is 13.6. The fourth-order valence-electron chi connectivity index (χ4n) is 3.83. The SMILES string of the molecule is O=C(CCCCN1CCCCCC1)Nc1ccc(-c2cccnc2)c(C(F)(F)F)c1. The van der Waals surface area contributed by atoms with Crippen LogP contribution in [0.2, 0.25) is 0 Å². The highest BCUT2D eigenvalue weighted by Crippen LogP contribution is 2.38. The number of pyridine rings is 1. The Bertz CT molecular complexity index is 816. The molecule has 0 atom stereocenters. The number of halogens is 3. The van der Waals surface area contributed by atoms with E-state index in [-0.39, 0.29) is 17.2 Å². The zero-order valence-electron chi connectivity index (χ0n) is 17.0. The van der Waals surface area contributed by atoms with E-state index in [0.717, 1.165) is 38.5 Å². The van der Waals surface area contributed by atoms with Gasteiger partial charge in [0.1, 0.15) is 0 Å². The quantitative estimate of drug-likeness (QED) is 0.581. The van der Waals surface area contributed by atoms with Gasteiger partial charge < -0.3 is 10.2 Å². The Morgan fingerprint density at radius 2 is 1.83 bits per heavy atom. The first-order valence-electron chi connectivity index (χ1n) is 10.6. The molecule has 1 aliphatic heterocycles. The van der Waals surface area contributed by atoms with Crippen molar-refractivity contribution in [2.45, 2.75) is 51.1 Å². The fourth-order valence-corrected chi connectivity index (χ4v) is 3.83.